The van der Waals surface area contributed by atoms with Crippen LogP contribution >= 0.6 is 11.6 Å². The minimum Gasteiger partial charge on any atom is -0.351 e. The van der Waals surface area contributed by atoms with Crippen molar-refractivity contribution in [3.05, 3.63) is 46.6 Å². The molecule has 2 aromatic rings. The van der Waals surface area contributed by atoms with Crippen LogP contribution in [0.4, 0.5) is 5.82 Å². The van der Waals surface area contributed by atoms with E-state index in [-0.39, 0.29) is 17.2 Å². The van der Waals surface area contributed by atoms with Crippen LogP contribution in [0.5, 0.6) is 0 Å². The predicted molar refractivity (Wildman–Crippen MR) is 127 cm³/mol. The van der Waals surface area contributed by atoms with E-state index in [0.29, 0.717) is 16.4 Å². The van der Waals surface area contributed by atoms with Crippen LogP contribution in [0.3, 0.4) is 0 Å². The number of aryl methyl sites for hydroxylation is 1. The number of rotatable bonds is 5. The van der Waals surface area contributed by atoms with Crippen LogP contribution in [0.15, 0.2) is 30.3 Å². The molecule has 2 N–H and O–H groups in total. The zero-order valence-electron chi connectivity index (χ0n) is 18.7. The molecule has 0 saturated heterocycles. The molecule has 1 heterocycles. The SMILES string of the molecule is CC(=O)Nc1ccc(-c2ccc(Cl)c(C(=O)NCC34CC5CC(CC(C5)C3)C4)c2)c(C)n1. The van der Waals surface area contributed by atoms with Gasteiger partial charge >= 0.3 is 0 Å². The van der Waals surface area contributed by atoms with Gasteiger partial charge in [0.05, 0.1) is 10.6 Å². The average Bonchev–Trinajstić information content (AvgIpc) is 2.71. The first-order valence-corrected chi connectivity index (χ1v) is 12.0. The first-order chi connectivity index (χ1) is 15.3. The number of pyridine rings is 1. The molecule has 0 radical (unpaired) electrons. The first kappa shape index (κ1) is 21.4. The average molecular weight is 452 g/mol. The first-order valence-electron chi connectivity index (χ1n) is 11.6. The summed E-state index contributed by atoms with van der Waals surface area (Å²) in [5, 5.41) is 6.39. The third-order valence-corrected chi connectivity index (χ3v) is 8.03. The summed E-state index contributed by atoms with van der Waals surface area (Å²) in [6.45, 7) is 4.10. The van der Waals surface area contributed by atoms with E-state index in [1.165, 1.54) is 45.4 Å². The minimum atomic E-state index is -0.158. The molecule has 32 heavy (non-hydrogen) atoms. The number of hydrogen-bond donors (Lipinski definition) is 2. The molecule has 4 aliphatic carbocycles. The van der Waals surface area contributed by atoms with Gasteiger partial charge in [-0.05, 0) is 98.4 Å². The number of halogens is 1. The molecule has 4 aliphatic rings. The van der Waals surface area contributed by atoms with Gasteiger partial charge in [-0.2, -0.15) is 0 Å². The van der Waals surface area contributed by atoms with Crippen molar-refractivity contribution in [2.45, 2.75) is 52.4 Å². The predicted octanol–water partition coefficient (Wildman–Crippen LogP) is 5.62. The molecule has 0 unspecified atom stereocenters. The van der Waals surface area contributed by atoms with Crippen molar-refractivity contribution in [1.29, 1.82) is 0 Å². The van der Waals surface area contributed by atoms with E-state index >= 15 is 0 Å². The largest absolute Gasteiger partial charge is 0.351 e. The van der Waals surface area contributed by atoms with E-state index < -0.39 is 0 Å². The lowest BCUT2D eigenvalue weighted by Crippen LogP contribution is -2.51. The van der Waals surface area contributed by atoms with E-state index in [1.807, 2.05) is 25.1 Å². The highest BCUT2D eigenvalue weighted by atomic mass is 35.5. The summed E-state index contributed by atoms with van der Waals surface area (Å²) in [5.41, 5.74) is 3.35. The number of anilines is 1. The van der Waals surface area contributed by atoms with Gasteiger partial charge in [0, 0.05) is 24.7 Å². The summed E-state index contributed by atoms with van der Waals surface area (Å²) in [6, 6.07) is 9.20. The second-order valence-corrected chi connectivity index (χ2v) is 10.7. The normalized spacial score (nSPS) is 27.9. The van der Waals surface area contributed by atoms with Crippen LogP contribution in [0, 0.1) is 30.1 Å². The van der Waals surface area contributed by atoms with E-state index in [9.17, 15) is 9.59 Å². The highest BCUT2D eigenvalue weighted by Gasteiger charge is 2.50. The molecule has 2 amide bonds. The van der Waals surface area contributed by atoms with Gasteiger partial charge in [0.2, 0.25) is 5.91 Å². The van der Waals surface area contributed by atoms with Gasteiger partial charge in [-0.25, -0.2) is 4.98 Å². The Hall–Kier alpha value is -2.40. The molecule has 6 rings (SSSR count). The van der Waals surface area contributed by atoms with Crippen molar-refractivity contribution < 1.29 is 9.59 Å². The van der Waals surface area contributed by atoms with Crippen LogP contribution in [0.2, 0.25) is 5.02 Å². The summed E-state index contributed by atoms with van der Waals surface area (Å²) in [7, 11) is 0. The number of carbonyl (C=O) groups is 2. The molecule has 4 bridgehead atoms. The molecule has 6 heteroatoms. The smallest absolute Gasteiger partial charge is 0.252 e. The fourth-order valence-electron chi connectivity index (χ4n) is 6.85. The van der Waals surface area contributed by atoms with Crippen LogP contribution in [-0.2, 0) is 4.79 Å². The zero-order valence-corrected chi connectivity index (χ0v) is 19.5. The Labute approximate surface area is 194 Å². The maximum Gasteiger partial charge on any atom is 0.252 e. The molecule has 5 nitrogen and oxygen atoms in total. The Balaban J connectivity index is 1.33. The second-order valence-electron chi connectivity index (χ2n) is 10.3. The maximum absolute atomic E-state index is 13.1. The second kappa shape index (κ2) is 8.18. The van der Waals surface area contributed by atoms with Crippen molar-refractivity contribution in [2.75, 3.05) is 11.9 Å². The summed E-state index contributed by atoms with van der Waals surface area (Å²) in [5.74, 6) is 2.84. The molecule has 1 aromatic carbocycles. The Kier molecular flexibility index (Phi) is 5.48. The van der Waals surface area contributed by atoms with Crippen LogP contribution in [-0.4, -0.2) is 23.3 Å². The molecular formula is C26H30ClN3O2. The van der Waals surface area contributed by atoms with Crippen molar-refractivity contribution >= 4 is 29.2 Å². The van der Waals surface area contributed by atoms with E-state index in [0.717, 1.165) is 41.1 Å². The topological polar surface area (TPSA) is 71.1 Å². The van der Waals surface area contributed by atoms with Crippen molar-refractivity contribution in [3.63, 3.8) is 0 Å². The number of carbonyl (C=O) groups excluding carboxylic acids is 2. The Morgan fingerprint density at radius 3 is 2.31 bits per heavy atom. The summed E-state index contributed by atoms with van der Waals surface area (Å²) < 4.78 is 0. The minimum absolute atomic E-state index is 0.104. The van der Waals surface area contributed by atoms with Crippen molar-refractivity contribution in [2.24, 2.45) is 23.2 Å². The standard InChI is InChI=1S/C26H30ClN3O2/c1-15-21(4-6-24(29-15)30-16(2)31)20-3-5-23(27)22(10-20)25(32)28-14-26-11-17-7-18(12-26)9-19(8-17)13-26/h3-6,10,17-19H,7-9,11-14H2,1-2H3,(H,28,32)(H,29,30,31). The van der Waals surface area contributed by atoms with Gasteiger partial charge in [-0.1, -0.05) is 17.7 Å². The lowest BCUT2D eigenvalue weighted by atomic mass is 9.49. The Bertz CT molecular complexity index is 1050. The van der Waals surface area contributed by atoms with Gasteiger partial charge in [0.15, 0.2) is 0 Å². The van der Waals surface area contributed by atoms with Gasteiger partial charge in [-0.15, -0.1) is 0 Å². The summed E-state index contributed by atoms with van der Waals surface area (Å²) >= 11 is 6.43. The van der Waals surface area contributed by atoms with Crippen LogP contribution in [0.25, 0.3) is 11.1 Å². The quantitative estimate of drug-likeness (QED) is 0.620. The third kappa shape index (κ3) is 4.15. The number of nitrogens with zero attached hydrogens (tertiary/aromatic N) is 1. The lowest BCUT2D eigenvalue weighted by molar-refractivity contribution is -0.114. The van der Waals surface area contributed by atoms with Crippen molar-refractivity contribution in [1.82, 2.24) is 10.3 Å². The fraction of sp³-hybridized carbons (Fsp3) is 0.500. The highest BCUT2D eigenvalue weighted by molar-refractivity contribution is 6.34. The highest BCUT2D eigenvalue weighted by Crippen LogP contribution is 2.59. The molecule has 0 atom stereocenters. The van der Waals surface area contributed by atoms with Crippen LogP contribution in [0.1, 0.15) is 61.5 Å². The van der Waals surface area contributed by atoms with Gasteiger partial charge in [0.1, 0.15) is 5.82 Å². The lowest BCUT2D eigenvalue weighted by Gasteiger charge is -2.56. The molecule has 0 aliphatic heterocycles. The monoisotopic (exact) mass is 451 g/mol. The number of aromatic nitrogens is 1. The number of nitrogens with one attached hydrogen (secondary N) is 2. The Morgan fingerprint density at radius 2 is 1.72 bits per heavy atom. The molecule has 4 saturated carbocycles. The van der Waals surface area contributed by atoms with Gasteiger partial charge in [-0.3, -0.25) is 9.59 Å². The molecule has 4 fully saturated rings. The molecule has 168 valence electrons. The summed E-state index contributed by atoms with van der Waals surface area (Å²) in [4.78, 5) is 28.9. The fourth-order valence-corrected chi connectivity index (χ4v) is 7.06. The van der Waals surface area contributed by atoms with Gasteiger partial charge < -0.3 is 10.6 Å². The zero-order chi connectivity index (χ0) is 22.5. The van der Waals surface area contributed by atoms with Gasteiger partial charge in [0.25, 0.3) is 5.91 Å². The number of amides is 2. The summed E-state index contributed by atoms with van der Waals surface area (Å²) in [6.07, 6.45) is 7.98. The number of hydrogen-bond acceptors (Lipinski definition) is 3. The molecule has 1 aromatic heterocycles. The van der Waals surface area contributed by atoms with E-state index in [1.54, 1.807) is 12.1 Å². The van der Waals surface area contributed by atoms with E-state index in [2.05, 4.69) is 15.6 Å². The number of benzene rings is 1. The Morgan fingerprint density at radius 1 is 1.06 bits per heavy atom. The molecule has 0 spiro atoms. The molecular weight excluding hydrogens is 422 g/mol. The third-order valence-electron chi connectivity index (χ3n) is 7.70. The maximum atomic E-state index is 13.1. The van der Waals surface area contributed by atoms with Crippen LogP contribution < -0.4 is 10.6 Å². The van der Waals surface area contributed by atoms with E-state index in [4.69, 9.17) is 11.6 Å². The van der Waals surface area contributed by atoms with Crippen molar-refractivity contribution in [3.8, 4) is 11.1 Å².